The number of amides is 2. The minimum absolute atomic E-state index is 0.128. The highest BCUT2D eigenvalue weighted by atomic mass is 16.5. The largest absolute Gasteiger partial charge is 0.378 e. The molecule has 1 saturated heterocycles. The number of aromatic nitrogens is 1. The van der Waals surface area contributed by atoms with E-state index in [0.717, 1.165) is 36.5 Å². The summed E-state index contributed by atoms with van der Waals surface area (Å²) in [7, 11) is 0. The van der Waals surface area contributed by atoms with E-state index >= 15 is 0 Å². The Bertz CT molecular complexity index is 874. The zero-order valence-electron chi connectivity index (χ0n) is 17.2. The molecule has 1 aromatic heterocycles. The fraction of sp³-hybridized carbons (Fsp3) is 0.409. The van der Waals surface area contributed by atoms with Crippen molar-refractivity contribution in [3.63, 3.8) is 0 Å². The zero-order valence-corrected chi connectivity index (χ0v) is 17.2. The van der Waals surface area contributed by atoms with Crippen molar-refractivity contribution in [3.8, 4) is 0 Å². The first-order valence-electron chi connectivity index (χ1n) is 9.99. The molecule has 0 radical (unpaired) electrons. The van der Waals surface area contributed by atoms with E-state index in [4.69, 9.17) is 4.74 Å². The van der Waals surface area contributed by atoms with Crippen molar-refractivity contribution in [2.45, 2.75) is 27.2 Å². The Hall–Kier alpha value is -2.93. The van der Waals surface area contributed by atoms with E-state index in [9.17, 15) is 9.59 Å². The van der Waals surface area contributed by atoms with Gasteiger partial charge in [0.1, 0.15) is 5.82 Å². The van der Waals surface area contributed by atoms with Crippen LogP contribution in [0.3, 0.4) is 0 Å². The number of nitrogens with one attached hydrogen (secondary N) is 2. The number of carbonyl (C=O) groups excluding carboxylic acids is 2. The van der Waals surface area contributed by atoms with Gasteiger partial charge in [-0.05, 0) is 49.6 Å². The highest BCUT2D eigenvalue weighted by molar-refractivity contribution is 6.05. The molecule has 2 amide bonds. The smallest absolute Gasteiger partial charge is 0.257 e. The third-order valence-electron chi connectivity index (χ3n) is 4.94. The van der Waals surface area contributed by atoms with E-state index in [-0.39, 0.29) is 11.8 Å². The second-order valence-corrected chi connectivity index (χ2v) is 7.20. The summed E-state index contributed by atoms with van der Waals surface area (Å²) in [4.78, 5) is 31.7. The molecule has 1 aromatic carbocycles. The van der Waals surface area contributed by atoms with E-state index < -0.39 is 0 Å². The second kappa shape index (κ2) is 9.52. The first-order chi connectivity index (χ1) is 14.0. The Balaban J connectivity index is 1.73. The van der Waals surface area contributed by atoms with Gasteiger partial charge in [0.15, 0.2) is 0 Å². The maximum absolute atomic E-state index is 12.7. The summed E-state index contributed by atoms with van der Waals surface area (Å²) in [5.41, 5.74) is 3.45. The summed E-state index contributed by atoms with van der Waals surface area (Å²) in [5, 5.41) is 5.79. The van der Waals surface area contributed by atoms with Crippen molar-refractivity contribution in [3.05, 3.63) is 52.7 Å². The number of rotatable bonds is 6. The molecule has 1 fully saturated rings. The number of hydrogen-bond donors (Lipinski definition) is 2. The molecule has 154 valence electrons. The number of nitrogens with zero attached hydrogens (tertiary/aromatic N) is 2. The third-order valence-corrected chi connectivity index (χ3v) is 4.94. The van der Waals surface area contributed by atoms with Crippen LogP contribution in [-0.2, 0) is 4.74 Å². The molecular formula is C22H28N4O3. The van der Waals surface area contributed by atoms with Crippen molar-refractivity contribution in [1.82, 2.24) is 10.3 Å². The first-order valence-corrected chi connectivity index (χ1v) is 9.99. The number of aryl methyl sites for hydroxylation is 2. The fourth-order valence-corrected chi connectivity index (χ4v) is 3.26. The van der Waals surface area contributed by atoms with Gasteiger partial charge in [-0.15, -0.1) is 0 Å². The number of morpholine rings is 1. The van der Waals surface area contributed by atoms with Crippen LogP contribution in [0.2, 0.25) is 0 Å². The molecule has 0 spiro atoms. The predicted octanol–water partition coefficient (Wildman–Crippen LogP) is 2.93. The zero-order chi connectivity index (χ0) is 20.8. The van der Waals surface area contributed by atoms with Crippen LogP contribution in [0.4, 0.5) is 11.5 Å². The minimum atomic E-state index is -0.252. The van der Waals surface area contributed by atoms with Crippen LogP contribution >= 0.6 is 0 Å². The number of pyridine rings is 1. The van der Waals surface area contributed by atoms with Gasteiger partial charge in [-0.3, -0.25) is 9.59 Å². The van der Waals surface area contributed by atoms with Gasteiger partial charge in [0.25, 0.3) is 11.8 Å². The van der Waals surface area contributed by atoms with Crippen molar-refractivity contribution >= 4 is 23.3 Å². The normalized spacial score (nSPS) is 13.8. The number of anilines is 2. The average Bonchev–Trinajstić information content (AvgIpc) is 2.74. The number of carbonyl (C=O) groups is 2. The summed E-state index contributed by atoms with van der Waals surface area (Å²) in [6.45, 7) is 9.40. The highest BCUT2D eigenvalue weighted by Gasteiger charge is 2.16. The highest BCUT2D eigenvalue weighted by Crippen LogP contribution is 2.22. The van der Waals surface area contributed by atoms with Crippen LogP contribution in [0.15, 0.2) is 30.5 Å². The van der Waals surface area contributed by atoms with Crippen LogP contribution in [0.25, 0.3) is 0 Å². The van der Waals surface area contributed by atoms with Gasteiger partial charge < -0.3 is 20.3 Å². The van der Waals surface area contributed by atoms with Crippen LogP contribution < -0.4 is 15.5 Å². The van der Waals surface area contributed by atoms with Gasteiger partial charge in [0, 0.05) is 37.1 Å². The van der Waals surface area contributed by atoms with Crippen LogP contribution in [-0.4, -0.2) is 49.6 Å². The lowest BCUT2D eigenvalue weighted by Crippen LogP contribution is -2.36. The van der Waals surface area contributed by atoms with Gasteiger partial charge in [0.2, 0.25) is 0 Å². The first kappa shape index (κ1) is 20.8. The molecule has 29 heavy (non-hydrogen) atoms. The molecular weight excluding hydrogens is 368 g/mol. The minimum Gasteiger partial charge on any atom is -0.378 e. The van der Waals surface area contributed by atoms with Gasteiger partial charge in [0.05, 0.1) is 18.8 Å². The molecule has 2 N–H and O–H groups in total. The molecule has 0 bridgehead atoms. The van der Waals surface area contributed by atoms with Crippen LogP contribution in [0, 0.1) is 13.8 Å². The molecule has 7 nitrogen and oxygen atoms in total. The Morgan fingerprint density at radius 2 is 1.86 bits per heavy atom. The van der Waals surface area contributed by atoms with E-state index in [2.05, 4.69) is 20.5 Å². The Morgan fingerprint density at radius 1 is 1.10 bits per heavy atom. The monoisotopic (exact) mass is 396 g/mol. The van der Waals surface area contributed by atoms with Crippen molar-refractivity contribution in [2.24, 2.45) is 0 Å². The van der Waals surface area contributed by atoms with Gasteiger partial charge in [-0.25, -0.2) is 4.98 Å². The molecule has 0 aliphatic carbocycles. The molecule has 2 aromatic rings. The maximum Gasteiger partial charge on any atom is 0.257 e. The number of benzene rings is 1. The quantitative estimate of drug-likeness (QED) is 0.784. The fourth-order valence-electron chi connectivity index (χ4n) is 3.26. The number of ether oxygens (including phenoxy) is 1. The molecule has 1 aliphatic heterocycles. The predicted molar refractivity (Wildman–Crippen MR) is 114 cm³/mol. The summed E-state index contributed by atoms with van der Waals surface area (Å²) < 4.78 is 5.36. The molecule has 0 atom stereocenters. The van der Waals surface area contributed by atoms with E-state index in [0.29, 0.717) is 36.6 Å². The Kier molecular flexibility index (Phi) is 6.82. The van der Waals surface area contributed by atoms with E-state index in [1.807, 2.05) is 32.9 Å². The maximum atomic E-state index is 12.7. The summed E-state index contributed by atoms with van der Waals surface area (Å²) in [6.07, 6.45) is 2.45. The molecule has 0 unspecified atom stereocenters. The molecule has 0 saturated carbocycles. The van der Waals surface area contributed by atoms with Crippen molar-refractivity contribution < 1.29 is 14.3 Å². The van der Waals surface area contributed by atoms with Gasteiger partial charge in [-0.1, -0.05) is 13.0 Å². The van der Waals surface area contributed by atoms with Crippen LogP contribution in [0.5, 0.6) is 0 Å². The summed E-state index contributed by atoms with van der Waals surface area (Å²) in [5.74, 6) is 0.459. The average molecular weight is 396 g/mol. The summed E-state index contributed by atoms with van der Waals surface area (Å²) >= 11 is 0. The molecule has 7 heteroatoms. The van der Waals surface area contributed by atoms with Gasteiger partial charge >= 0.3 is 0 Å². The SMILES string of the molecule is CCCNC(=O)c1cc(NC(=O)c2ccc(N3CCOCC3)nc2)c(C)cc1C. The lowest BCUT2D eigenvalue weighted by molar-refractivity contribution is 0.0951. The Labute approximate surface area is 171 Å². The molecule has 1 aliphatic rings. The molecule has 2 heterocycles. The second-order valence-electron chi connectivity index (χ2n) is 7.20. The van der Waals surface area contributed by atoms with Crippen molar-refractivity contribution in [2.75, 3.05) is 43.1 Å². The lowest BCUT2D eigenvalue weighted by atomic mass is 10.0. The number of hydrogen-bond acceptors (Lipinski definition) is 5. The van der Waals surface area contributed by atoms with Gasteiger partial charge in [-0.2, -0.15) is 0 Å². The molecule has 3 rings (SSSR count). The summed E-state index contributed by atoms with van der Waals surface area (Å²) in [6, 6.07) is 7.27. The van der Waals surface area contributed by atoms with Crippen molar-refractivity contribution in [1.29, 1.82) is 0 Å². The Morgan fingerprint density at radius 3 is 2.52 bits per heavy atom. The van der Waals surface area contributed by atoms with Crippen LogP contribution in [0.1, 0.15) is 45.2 Å². The lowest BCUT2D eigenvalue weighted by Gasteiger charge is -2.27. The van der Waals surface area contributed by atoms with E-state index in [1.165, 1.54) is 0 Å². The standard InChI is InChI=1S/C22H28N4O3/c1-4-7-23-22(28)18-13-19(16(3)12-15(18)2)25-21(27)17-5-6-20(24-14-17)26-8-10-29-11-9-26/h5-6,12-14H,4,7-11H2,1-3H3,(H,23,28)(H,25,27). The topological polar surface area (TPSA) is 83.6 Å². The third kappa shape index (κ3) is 5.12. The van der Waals surface area contributed by atoms with E-state index in [1.54, 1.807) is 18.3 Å².